The minimum atomic E-state index is -0.291. The lowest BCUT2D eigenvalue weighted by atomic mass is 10.0. The molecule has 0 fully saturated rings. The maximum atomic E-state index is 11.7. The minimum Gasteiger partial charge on any atom is -0.369 e. The Kier molecular flexibility index (Phi) is 5.81. The van der Waals surface area contributed by atoms with E-state index in [0.29, 0.717) is 19.5 Å². The average molecular weight is 348 g/mol. The second-order valence-electron chi connectivity index (χ2n) is 6.52. The Labute approximate surface area is 153 Å². The molecular weight excluding hydrogens is 324 g/mol. The number of primary amides is 1. The fraction of sp³-hybridized carbons (Fsp3) is 0.238. The van der Waals surface area contributed by atoms with Crippen molar-refractivity contribution in [1.29, 1.82) is 0 Å². The van der Waals surface area contributed by atoms with E-state index >= 15 is 0 Å². The predicted molar refractivity (Wildman–Crippen MR) is 103 cm³/mol. The number of amides is 1. The number of hydrogen-bond donors (Lipinski definition) is 2. The number of nitrogens with zero attached hydrogens (tertiary/aromatic N) is 2. The molecule has 0 unspecified atom stereocenters. The molecule has 2 aromatic carbocycles. The van der Waals surface area contributed by atoms with Gasteiger partial charge in [0.05, 0.1) is 12.1 Å². The van der Waals surface area contributed by atoms with Gasteiger partial charge in [-0.05, 0) is 28.7 Å². The number of carbonyl (C=O) groups excluding carboxylic acids is 1. The third-order valence-corrected chi connectivity index (χ3v) is 4.42. The van der Waals surface area contributed by atoms with Crippen LogP contribution in [0.25, 0.3) is 11.1 Å². The van der Waals surface area contributed by atoms with E-state index in [1.54, 1.807) is 10.9 Å². The quantitative estimate of drug-likeness (QED) is 0.657. The van der Waals surface area contributed by atoms with Crippen LogP contribution in [0, 0.1) is 5.92 Å². The van der Waals surface area contributed by atoms with Gasteiger partial charge < -0.3 is 11.1 Å². The second kappa shape index (κ2) is 8.45. The Balaban J connectivity index is 1.53. The number of rotatable bonds is 8. The summed E-state index contributed by atoms with van der Waals surface area (Å²) in [6.45, 7) is 1.25. The third kappa shape index (κ3) is 4.80. The molecule has 0 aliphatic carbocycles. The van der Waals surface area contributed by atoms with Crippen molar-refractivity contribution in [2.45, 2.75) is 13.0 Å². The van der Waals surface area contributed by atoms with Gasteiger partial charge in [-0.1, -0.05) is 54.6 Å². The summed E-state index contributed by atoms with van der Waals surface area (Å²) >= 11 is 0. The highest BCUT2D eigenvalue weighted by Crippen LogP contribution is 2.19. The number of benzene rings is 2. The Hall–Kier alpha value is -2.92. The molecule has 1 heterocycles. The first-order valence-corrected chi connectivity index (χ1v) is 8.74. The van der Waals surface area contributed by atoms with Crippen LogP contribution in [-0.2, 0) is 24.8 Å². The Morgan fingerprint density at radius 1 is 1.08 bits per heavy atom. The molecule has 5 nitrogen and oxygen atoms in total. The lowest BCUT2D eigenvalue weighted by Gasteiger charge is -2.13. The summed E-state index contributed by atoms with van der Waals surface area (Å²) in [7, 11) is 1.86. The Morgan fingerprint density at radius 2 is 1.77 bits per heavy atom. The number of aryl methyl sites for hydroxylation is 1. The molecule has 0 radical (unpaired) electrons. The summed E-state index contributed by atoms with van der Waals surface area (Å²) in [5, 5.41) is 7.48. The van der Waals surface area contributed by atoms with Crippen LogP contribution in [0.3, 0.4) is 0 Å². The van der Waals surface area contributed by atoms with Gasteiger partial charge in [-0.15, -0.1) is 0 Å². The van der Waals surface area contributed by atoms with Crippen molar-refractivity contribution in [1.82, 2.24) is 15.1 Å². The normalized spacial score (nSPS) is 12.0. The molecule has 26 heavy (non-hydrogen) atoms. The third-order valence-electron chi connectivity index (χ3n) is 4.42. The first-order chi connectivity index (χ1) is 12.6. The highest BCUT2D eigenvalue weighted by Gasteiger charge is 2.16. The average Bonchev–Trinajstić information content (AvgIpc) is 3.07. The zero-order chi connectivity index (χ0) is 18.4. The molecule has 5 heteroatoms. The van der Waals surface area contributed by atoms with E-state index in [9.17, 15) is 4.79 Å². The zero-order valence-electron chi connectivity index (χ0n) is 14.9. The number of aromatic nitrogens is 2. The lowest BCUT2D eigenvalue weighted by Crippen LogP contribution is -2.34. The van der Waals surface area contributed by atoms with Crippen molar-refractivity contribution in [3.63, 3.8) is 0 Å². The van der Waals surface area contributed by atoms with Gasteiger partial charge in [0.1, 0.15) is 0 Å². The van der Waals surface area contributed by atoms with Crippen LogP contribution in [0.15, 0.2) is 67.0 Å². The van der Waals surface area contributed by atoms with Crippen molar-refractivity contribution in [3.05, 3.63) is 78.1 Å². The predicted octanol–water partition coefficient (Wildman–Crippen LogP) is 2.52. The molecule has 0 spiro atoms. The number of hydrogen-bond acceptors (Lipinski definition) is 3. The number of nitrogens with two attached hydrogens (primary N) is 1. The van der Waals surface area contributed by atoms with Crippen LogP contribution in [0.5, 0.6) is 0 Å². The lowest BCUT2D eigenvalue weighted by molar-refractivity contribution is -0.121. The van der Waals surface area contributed by atoms with E-state index in [1.165, 1.54) is 16.7 Å². The summed E-state index contributed by atoms with van der Waals surface area (Å²) in [5.41, 5.74) is 10.1. The molecule has 3 rings (SSSR count). The molecule has 3 aromatic rings. The Morgan fingerprint density at radius 3 is 2.38 bits per heavy atom. The van der Waals surface area contributed by atoms with Crippen LogP contribution in [0.4, 0.5) is 0 Å². The topological polar surface area (TPSA) is 72.9 Å². The largest absolute Gasteiger partial charge is 0.369 e. The standard InChI is InChI=1S/C21H24N4O/c1-25-15-17(13-24-25)11-20(21(22)26)14-23-12-16-7-9-19(10-8-16)18-5-3-2-4-6-18/h2-10,13,15,20,23H,11-12,14H2,1H3,(H2,22,26)/t20-/m1/s1. The van der Waals surface area contributed by atoms with Gasteiger partial charge >= 0.3 is 0 Å². The van der Waals surface area contributed by atoms with Crippen molar-refractivity contribution in [3.8, 4) is 11.1 Å². The summed E-state index contributed by atoms with van der Waals surface area (Å²) in [6, 6.07) is 18.7. The molecule has 1 aromatic heterocycles. The first-order valence-electron chi connectivity index (χ1n) is 8.74. The van der Waals surface area contributed by atoms with E-state index in [-0.39, 0.29) is 11.8 Å². The van der Waals surface area contributed by atoms with Gasteiger partial charge in [0.15, 0.2) is 0 Å². The van der Waals surface area contributed by atoms with E-state index in [4.69, 9.17) is 5.73 Å². The highest BCUT2D eigenvalue weighted by molar-refractivity contribution is 5.77. The van der Waals surface area contributed by atoms with Gasteiger partial charge in [0.25, 0.3) is 0 Å². The molecule has 3 N–H and O–H groups in total. The molecular formula is C21H24N4O. The summed E-state index contributed by atoms with van der Waals surface area (Å²) in [6.07, 6.45) is 4.29. The molecule has 0 bridgehead atoms. The molecule has 0 saturated carbocycles. The van der Waals surface area contributed by atoms with Gasteiger partial charge in [0, 0.05) is 26.3 Å². The van der Waals surface area contributed by atoms with Crippen LogP contribution < -0.4 is 11.1 Å². The summed E-state index contributed by atoms with van der Waals surface area (Å²) < 4.78 is 1.73. The fourth-order valence-electron chi connectivity index (χ4n) is 2.97. The van der Waals surface area contributed by atoms with Gasteiger partial charge in [0.2, 0.25) is 5.91 Å². The van der Waals surface area contributed by atoms with E-state index in [0.717, 1.165) is 5.56 Å². The fourth-order valence-corrected chi connectivity index (χ4v) is 2.97. The number of carbonyl (C=O) groups is 1. The van der Waals surface area contributed by atoms with Crippen LogP contribution in [0.2, 0.25) is 0 Å². The van der Waals surface area contributed by atoms with Crippen LogP contribution in [0.1, 0.15) is 11.1 Å². The molecule has 134 valence electrons. The molecule has 0 saturated heterocycles. The highest BCUT2D eigenvalue weighted by atomic mass is 16.1. The number of nitrogens with one attached hydrogen (secondary N) is 1. The Bertz CT molecular complexity index is 840. The smallest absolute Gasteiger partial charge is 0.222 e. The van der Waals surface area contributed by atoms with Crippen molar-refractivity contribution in [2.75, 3.05) is 6.54 Å². The van der Waals surface area contributed by atoms with Gasteiger partial charge in [-0.2, -0.15) is 5.10 Å². The molecule has 1 atom stereocenters. The summed E-state index contributed by atoms with van der Waals surface area (Å²) in [4.78, 5) is 11.7. The van der Waals surface area contributed by atoms with E-state index in [2.05, 4.69) is 46.8 Å². The van der Waals surface area contributed by atoms with Crippen molar-refractivity contribution >= 4 is 5.91 Å². The first kappa shape index (κ1) is 17.9. The van der Waals surface area contributed by atoms with Gasteiger partial charge in [-0.25, -0.2) is 0 Å². The molecule has 0 aliphatic rings. The van der Waals surface area contributed by atoms with Crippen LogP contribution in [-0.4, -0.2) is 22.2 Å². The summed E-state index contributed by atoms with van der Waals surface area (Å²) in [5.74, 6) is -0.538. The van der Waals surface area contributed by atoms with Crippen molar-refractivity contribution < 1.29 is 4.79 Å². The van der Waals surface area contributed by atoms with Gasteiger partial charge in [-0.3, -0.25) is 9.48 Å². The zero-order valence-corrected chi connectivity index (χ0v) is 14.9. The van der Waals surface area contributed by atoms with Crippen LogP contribution >= 0.6 is 0 Å². The van der Waals surface area contributed by atoms with Crippen molar-refractivity contribution in [2.24, 2.45) is 18.7 Å². The monoisotopic (exact) mass is 348 g/mol. The second-order valence-corrected chi connectivity index (χ2v) is 6.52. The maximum absolute atomic E-state index is 11.7. The molecule has 0 aliphatic heterocycles. The van der Waals surface area contributed by atoms with E-state index < -0.39 is 0 Å². The minimum absolute atomic E-state index is 0.247. The molecule has 1 amide bonds. The SMILES string of the molecule is Cn1cc(C[C@H](CNCc2ccc(-c3ccccc3)cc2)C(N)=O)cn1. The maximum Gasteiger partial charge on any atom is 0.222 e. The van der Waals surface area contributed by atoms with E-state index in [1.807, 2.05) is 31.4 Å².